The Morgan fingerprint density at radius 1 is 1.09 bits per heavy atom. The Morgan fingerprint density at radius 3 is 2.53 bits per heavy atom. The molecule has 7 nitrogen and oxygen atoms in total. The third-order valence-corrected chi connectivity index (χ3v) is 5.17. The van der Waals surface area contributed by atoms with Gasteiger partial charge in [-0.3, -0.25) is 10.2 Å². The van der Waals surface area contributed by atoms with Crippen LogP contribution in [0.5, 0.6) is 11.5 Å². The maximum atomic E-state index is 12.4. The van der Waals surface area contributed by atoms with Gasteiger partial charge in [0, 0.05) is 6.08 Å². The van der Waals surface area contributed by atoms with Crippen LogP contribution in [0, 0.1) is 19.3 Å². The van der Waals surface area contributed by atoms with E-state index >= 15 is 0 Å². The van der Waals surface area contributed by atoms with Crippen molar-refractivity contribution >= 4 is 35.3 Å². The summed E-state index contributed by atoms with van der Waals surface area (Å²) < 4.78 is 11.5. The maximum absolute atomic E-state index is 12.4. The Hall–Kier alpha value is -3.58. The number of fused-ring (bicyclic) bond motifs is 1. The molecule has 0 spiro atoms. The van der Waals surface area contributed by atoms with E-state index in [1.165, 1.54) is 10.6 Å². The van der Waals surface area contributed by atoms with Gasteiger partial charge in [-0.2, -0.15) is 4.99 Å². The molecular formula is C24H22ClN3O4. The molecule has 8 heteroatoms. The van der Waals surface area contributed by atoms with E-state index < -0.39 is 5.91 Å². The number of allylic oxidation sites excluding steroid dienone is 1. The summed E-state index contributed by atoms with van der Waals surface area (Å²) in [5.41, 5.74) is 3.02. The number of rotatable bonds is 6. The molecule has 2 aromatic rings. The Labute approximate surface area is 191 Å². The van der Waals surface area contributed by atoms with E-state index in [2.05, 4.69) is 11.1 Å². The fourth-order valence-electron chi connectivity index (χ4n) is 3.36. The molecule has 0 fully saturated rings. The van der Waals surface area contributed by atoms with Crippen LogP contribution < -0.4 is 9.47 Å². The number of nitrogens with zero attached hydrogens (tertiary/aromatic N) is 2. The molecule has 1 amide bonds. The predicted octanol–water partition coefficient (Wildman–Crippen LogP) is 4.87. The second kappa shape index (κ2) is 8.88. The normalized spacial score (nSPS) is 16.5. The number of amidine groups is 2. The number of hydrogen-bond donors (Lipinski definition) is 1. The molecule has 1 N–H and O–H groups in total. The molecule has 0 saturated heterocycles. The van der Waals surface area contributed by atoms with Crippen LogP contribution in [0.1, 0.15) is 23.6 Å². The number of halogens is 1. The van der Waals surface area contributed by atoms with Crippen LogP contribution in [0.25, 0.3) is 6.08 Å². The summed E-state index contributed by atoms with van der Waals surface area (Å²) >= 11 is 6.36. The summed E-state index contributed by atoms with van der Waals surface area (Å²) in [4.78, 5) is 21.8. The third-order valence-electron chi connectivity index (χ3n) is 4.88. The average molecular weight is 452 g/mol. The Morgan fingerprint density at radius 2 is 1.81 bits per heavy atom. The van der Waals surface area contributed by atoms with Crippen LogP contribution in [0.15, 0.2) is 58.8 Å². The van der Waals surface area contributed by atoms with Gasteiger partial charge >= 0.3 is 0 Å². The van der Waals surface area contributed by atoms with Gasteiger partial charge in [-0.25, -0.2) is 0 Å². The minimum atomic E-state index is -0.504. The second-order valence-corrected chi connectivity index (χ2v) is 7.89. The van der Waals surface area contributed by atoms with Crippen LogP contribution in [0.2, 0.25) is 5.02 Å². The van der Waals surface area contributed by atoms with Crippen LogP contribution in [0.4, 0.5) is 0 Å². The summed E-state index contributed by atoms with van der Waals surface area (Å²) in [5, 5.41) is 9.88. The number of carbonyl (C=O) groups excluding carboxylic acids is 1. The lowest BCUT2D eigenvalue weighted by Crippen LogP contribution is -2.38. The minimum Gasteiger partial charge on any atom is -0.490 e. The molecule has 0 aliphatic carbocycles. The van der Waals surface area contributed by atoms with E-state index in [1.807, 2.05) is 26.0 Å². The molecule has 164 valence electrons. The van der Waals surface area contributed by atoms with Crippen molar-refractivity contribution in [3.63, 3.8) is 0 Å². The first-order chi connectivity index (χ1) is 15.3. The molecule has 2 aliphatic rings. The van der Waals surface area contributed by atoms with E-state index in [9.17, 15) is 4.79 Å². The predicted molar refractivity (Wildman–Crippen MR) is 123 cm³/mol. The van der Waals surface area contributed by atoms with Gasteiger partial charge in [-0.05, 0) is 56.2 Å². The first-order valence-corrected chi connectivity index (χ1v) is 10.4. The first kappa shape index (κ1) is 21.6. The van der Waals surface area contributed by atoms with Gasteiger partial charge in [0.2, 0.25) is 0 Å². The van der Waals surface area contributed by atoms with Crippen LogP contribution >= 0.6 is 11.6 Å². The van der Waals surface area contributed by atoms with Gasteiger partial charge in [-0.15, -0.1) is 5.06 Å². The average Bonchev–Trinajstić information content (AvgIpc) is 3.11. The number of ether oxygens (including phenoxy) is 2. The number of amides is 1. The fraction of sp³-hybridized carbons (Fsp3) is 0.208. The lowest BCUT2D eigenvalue weighted by atomic mass is 10.1. The van der Waals surface area contributed by atoms with Crippen LogP contribution in [0.3, 0.4) is 0 Å². The van der Waals surface area contributed by atoms with E-state index in [0.717, 1.165) is 11.3 Å². The molecule has 0 atom stereocenters. The van der Waals surface area contributed by atoms with Crippen molar-refractivity contribution in [1.29, 1.82) is 5.41 Å². The molecule has 32 heavy (non-hydrogen) atoms. The lowest BCUT2D eigenvalue weighted by Gasteiger charge is -2.23. The second-order valence-electron chi connectivity index (χ2n) is 7.48. The molecule has 0 radical (unpaired) electrons. The number of benzene rings is 2. The van der Waals surface area contributed by atoms with Gasteiger partial charge in [-0.1, -0.05) is 35.4 Å². The quantitative estimate of drug-likeness (QED) is 0.500. The van der Waals surface area contributed by atoms with Crippen molar-refractivity contribution in [3.8, 4) is 11.5 Å². The van der Waals surface area contributed by atoms with Crippen molar-refractivity contribution in [2.24, 2.45) is 4.99 Å². The van der Waals surface area contributed by atoms with Crippen molar-refractivity contribution in [2.75, 3.05) is 13.2 Å². The van der Waals surface area contributed by atoms with Gasteiger partial charge in [0.25, 0.3) is 5.91 Å². The summed E-state index contributed by atoms with van der Waals surface area (Å²) in [6, 6.07) is 11.2. The van der Waals surface area contributed by atoms with Crippen molar-refractivity contribution < 1.29 is 19.1 Å². The van der Waals surface area contributed by atoms with Crippen LogP contribution in [-0.4, -0.2) is 35.9 Å². The summed E-state index contributed by atoms with van der Waals surface area (Å²) in [5.74, 6) is 1.62. The zero-order valence-electron chi connectivity index (χ0n) is 17.9. The first-order valence-electron chi connectivity index (χ1n) is 10.0. The monoisotopic (exact) mass is 451 g/mol. The Bertz CT molecular complexity index is 1200. The van der Waals surface area contributed by atoms with Gasteiger partial charge < -0.3 is 14.3 Å². The highest BCUT2D eigenvalue weighted by Gasteiger charge is 2.34. The van der Waals surface area contributed by atoms with Crippen LogP contribution in [-0.2, 0) is 9.63 Å². The van der Waals surface area contributed by atoms with Gasteiger partial charge in [0.15, 0.2) is 11.7 Å². The van der Waals surface area contributed by atoms with Crippen molar-refractivity contribution in [2.45, 2.75) is 20.8 Å². The summed E-state index contributed by atoms with van der Waals surface area (Å²) in [7, 11) is 0. The largest absolute Gasteiger partial charge is 0.490 e. The fourth-order valence-corrected chi connectivity index (χ4v) is 3.60. The van der Waals surface area contributed by atoms with E-state index in [0.29, 0.717) is 41.1 Å². The SMILES string of the molecule is CC1=CC2=NC(=O)/C(=C\c3ccc(OCCOc4ccc(C)cc4C)c(Cl)c3)C(=N)N2O1. The number of aryl methyl sites for hydroxylation is 2. The summed E-state index contributed by atoms with van der Waals surface area (Å²) in [6.07, 6.45) is 3.16. The highest BCUT2D eigenvalue weighted by molar-refractivity contribution is 6.33. The zero-order valence-corrected chi connectivity index (χ0v) is 18.7. The lowest BCUT2D eigenvalue weighted by molar-refractivity contribution is -0.114. The standard InChI is InChI=1S/C24H22ClN3O4/c1-14-4-6-20(15(2)10-14)30-8-9-31-21-7-5-17(13-19(21)25)12-18-23(26)28-22(27-24(18)29)11-16(3)32-28/h4-7,10-13,26H,8-9H2,1-3H3/b18-12-,26-23?. The number of hydroxylamine groups is 2. The molecule has 2 aromatic carbocycles. The molecule has 2 heterocycles. The third kappa shape index (κ3) is 4.53. The maximum Gasteiger partial charge on any atom is 0.282 e. The highest BCUT2D eigenvalue weighted by atomic mass is 35.5. The Kier molecular flexibility index (Phi) is 6.01. The molecule has 0 saturated carbocycles. The zero-order chi connectivity index (χ0) is 22.8. The molecule has 4 rings (SSSR count). The Balaban J connectivity index is 1.39. The van der Waals surface area contributed by atoms with E-state index in [1.54, 1.807) is 37.3 Å². The number of carbonyl (C=O) groups is 1. The molecule has 2 aliphatic heterocycles. The molecule has 0 aromatic heterocycles. The van der Waals surface area contributed by atoms with Gasteiger partial charge in [0.1, 0.15) is 30.5 Å². The van der Waals surface area contributed by atoms with E-state index in [4.69, 9.17) is 31.3 Å². The topological polar surface area (TPSA) is 84.2 Å². The minimum absolute atomic E-state index is 0.0758. The number of hydrogen-bond acceptors (Lipinski definition) is 5. The smallest absolute Gasteiger partial charge is 0.282 e. The van der Waals surface area contributed by atoms with Gasteiger partial charge in [0.05, 0.1) is 10.6 Å². The highest BCUT2D eigenvalue weighted by Crippen LogP contribution is 2.28. The molecular weight excluding hydrogens is 430 g/mol. The summed E-state index contributed by atoms with van der Waals surface area (Å²) in [6.45, 7) is 6.47. The number of aliphatic imine (C=N–C) groups is 1. The van der Waals surface area contributed by atoms with Crippen molar-refractivity contribution in [3.05, 3.63) is 75.5 Å². The van der Waals surface area contributed by atoms with E-state index in [-0.39, 0.29) is 11.4 Å². The van der Waals surface area contributed by atoms with Crippen molar-refractivity contribution in [1.82, 2.24) is 5.06 Å². The molecule has 0 unspecified atom stereocenters. The number of nitrogens with one attached hydrogen (secondary N) is 1. The molecule has 0 bridgehead atoms.